The van der Waals surface area contributed by atoms with Crippen LogP contribution in [0.1, 0.15) is 187 Å². The minimum atomic E-state index is -0.103. The number of unbranched alkanes of at least 4 members (excludes halogenated alkanes) is 2. The number of hydrogen-bond donors (Lipinski definition) is 2. The molecule has 4 unspecified atom stereocenters. The van der Waals surface area contributed by atoms with Gasteiger partial charge in [-0.25, -0.2) is 0 Å². The van der Waals surface area contributed by atoms with Gasteiger partial charge in [-0.05, 0) is 122 Å². The van der Waals surface area contributed by atoms with Crippen molar-refractivity contribution in [1.29, 1.82) is 0 Å². The molecule has 74 heavy (non-hydrogen) atoms. The van der Waals surface area contributed by atoms with Gasteiger partial charge in [-0.1, -0.05) is 280 Å². The van der Waals surface area contributed by atoms with E-state index in [4.69, 9.17) is 0 Å². The highest BCUT2D eigenvalue weighted by Crippen LogP contribution is 2.61. The van der Waals surface area contributed by atoms with E-state index in [1.165, 1.54) is 131 Å². The second-order valence-corrected chi connectivity index (χ2v) is 22.0. The molecule has 7 aromatic carbocycles. The average molecular weight is 988 g/mol. The Kier molecular flexibility index (Phi) is 21.8. The van der Waals surface area contributed by atoms with Gasteiger partial charge in [0.05, 0.1) is 6.04 Å². The lowest BCUT2D eigenvalue weighted by atomic mass is 9.59. The van der Waals surface area contributed by atoms with E-state index in [9.17, 15) is 0 Å². The summed E-state index contributed by atoms with van der Waals surface area (Å²) in [7, 11) is 0. The summed E-state index contributed by atoms with van der Waals surface area (Å²) in [6, 6.07) is 58.7. The third-order valence-electron chi connectivity index (χ3n) is 15.7. The maximum atomic E-state index is 4.22. The zero-order valence-corrected chi connectivity index (χ0v) is 48.0. The van der Waals surface area contributed by atoms with Crippen LogP contribution in [0, 0.1) is 11.8 Å². The minimum absolute atomic E-state index is 0.0882. The minimum Gasteiger partial charge on any atom is -0.377 e. The molecular formula is C72H94N2. The van der Waals surface area contributed by atoms with Crippen LogP contribution in [0.4, 0.5) is 17.1 Å². The molecule has 7 aromatic rings. The molecule has 0 saturated carbocycles. The molecule has 0 bridgehead atoms. The van der Waals surface area contributed by atoms with E-state index in [-0.39, 0.29) is 22.8 Å². The maximum absolute atomic E-state index is 4.22. The number of rotatable bonds is 18. The van der Waals surface area contributed by atoms with Crippen molar-refractivity contribution in [2.75, 3.05) is 10.6 Å². The van der Waals surface area contributed by atoms with Gasteiger partial charge in [-0.3, -0.25) is 0 Å². The van der Waals surface area contributed by atoms with E-state index in [1.54, 1.807) is 11.1 Å². The fourth-order valence-electron chi connectivity index (χ4n) is 11.7. The second-order valence-electron chi connectivity index (χ2n) is 22.0. The molecule has 2 nitrogen and oxygen atoms in total. The molecule has 392 valence electrons. The van der Waals surface area contributed by atoms with Gasteiger partial charge >= 0.3 is 0 Å². The summed E-state index contributed by atoms with van der Waals surface area (Å²) >= 11 is 0. The molecule has 0 radical (unpaired) electrons. The highest BCUT2D eigenvalue weighted by atomic mass is 14.9. The standard InChI is InChI=1S/C57H72N2.C10H8.C3H8.C2H6/c1-9-14-19-41(12-4)38-57(39-42(13-5)20-15-10-2)51-37-47(58-46-31-25-40(11-3)26-32-46)33-34-49(51)50-35-36-53(59-52-24-18-22-43-21-16-17-23-48(43)52)54(55(50)57)44-27-29-45(30-28-44)56(6,7)8;1-2-6-10-8-4-3-7-9(10)5-1;1-3-2;1-2/h16-18,21-37,41-42,53-54,58-59H,9-15,19-20,38-39H2,1-8H3;1-8H;3H2,1-2H3;1-2H3. The summed E-state index contributed by atoms with van der Waals surface area (Å²) in [6.07, 6.45) is 19.8. The van der Waals surface area contributed by atoms with Gasteiger partial charge < -0.3 is 10.6 Å². The molecular weight excluding hydrogens is 893 g/mol. The van der Waals surface area contributed by atoms with E-state index in [0.29, 0.717) is 11.8 Å². The highest BCUT2D eigenvalue weighted by Gasteiger charge is 2.51. The van der Waals surface area contributed by atoms with E-state index in [0.717, 1.165) is 12.1 Å². The van der Waals surface area contributed by atoms with Crippen LogP contribution in [0.25, 0.3) is 27.1 Å². The smallest absolute Gasteiger partial charge is 0.0554 e. The van der Waals surface area contributed by atoms with Gasteiger partial charge in [0, 0.05) is 33.8 Å². The lowest BCUT2D eigenvalue weighted by molar-refractivity contribution is 0.252. The first-order chi connectivity index (χ1) is 36.0. The predicted molar refractivity (Wildman–Crippen MR) is 330 cm³/mol. The molecule has 0 aromatic heterocycles. The van der Waals surface area contributed by atoms with Gasteiger partial charge in [0.1, 0.15) is 0 Å². The maximum Gasteiger partial charge on any atom is 0.0554 e. The number of allylic oxidation sites excluding steroid dienone is 2. The van der Waals surface area contributed by atoms with Crippen molar-refractivity contribution >= 4 is 44.2 Å². The fourth-order valence-corrected chi connectivity index (χ4v) is 11.7. The van der Waals surface area contributed by atoms with Crippen molar-refractivity contribution in [2.45, 2.75) is 183 Å². The van der Waals surface area contributed by atoms with Crippen molar-refractivity contribution in [3.05, 3.63) is 203 Å². The van der Waals surface area contributed by atoms with Crippen LogP contribution in [-0.4, -0.2) is 6.04 Å². The Morgan fingerprint density at radius 1 is 0.568 bits per heavy atom. The molecule has 9 rings (SSSR count). The highest BCUT2D eigenvalue weighted by molar-refractivity contribution is 5.95. The van der Waals surface area contributed by atoms with Crippen molar-refractivity contribution in [1.82, 2.24) is 0 Å². The van der Waals surface area contributed by atoms with Gasteiger partial charge in [0.15, 0.2) is 0 Å². The first-order valence-corrected chi connectivity index (χ1v) is 29.2. The van der Waals surface area contributed by atoms with E-state index < -0.39 is 0 Å². The van der Waals surface area contributed by atoms with Crippen molar-refractivity contribution in [3.63, 3.8) is 0 Å². The number of anilines is 3. The third-order valence-corrected chi connectivity index (χ3v) is 15.7. The van der Waals surface area contributed by atoms with Crippen LogP contribution in [-0.2, 0) is 17.3 Å². The fraction of sp³-hybridized carbons (Fsp3) is 0.417. The summed E-state index contributed by atoms with van der Waals surface area (Å²) < 4.78 is 0. The lowest BCUT2D eigenvalue weighted by Crippen LogP contribution is -2.40. The molecule has 0 aliphatic heterocycles. The van der Waals surface area contributed by atoms with Gasteiger partial charge in [0.2, 0.25) is 0 Å². The second kappa shape index (κ2) is 28.2. The summed E-state index contributed by atoms with van der Waals surface area (Å²) in [4.78, 5) is 0. The topological polar surface area (TPSA) is 24.1 Å². The molecule has 2 heteroatoms. The van der Waals surface area contributed by atoms with Crippen LogP contribution in [0.3, 0.4) is 0 Å². The molecule has 4 atom stereocenters. The van der Waals surface area contributed by atoms with Crippen LogP contribution in [0.5, 0.6) is 0 Å². The Bertz CT molecular complexity index is 2750. The van der Waals surface area contributed by atoms with E-state index in [1.807, 2.05) is 13.8 Å². The quantitative estimate of drug-likeness (QED) is 0.0895. The van der Waals surface area contributed by atoms with Crippen LogP contribution in [0.2, 0.25) is 0 Å². The SMILES string of the molecule is CC.CCC.CCCCC(CC)CC1(CC(CC)CCCC)C2=C(C=CC(Nc3cccc4ccccc34)C2c2ccc(C(C)(C)C)cc2)c2ccc(Nc3ccc(CC)cc3)cc21.c1ccc2ccccc2c1. The molecule has 0 saturated heterocycles. The van der Waals surface area contributed by atoms with E-state index in [2.05, 4.69) is 250 Å². The molecule has 2 aliphatic carbocycles. The first kappa shape index (κ1) is 57.4. The van der Waals surface area contributed by atoms with Gasteiger partial charge in [-0.2, -0.15) is 0 Å². The van der Waals surface area contributed by atoms with Crippen molar-refractivity contribution in [2.24, 2.45) is 11.8 Å². The van der Waals surface area contributed by atoms with Crippen LogP contribution < -0.4 is 10.6 Å². The van der Waals surface area contributed by atoms with Crippen molar-refractivity contribution < 1.29 is 0 Å². The monoisotopic (exact) mass is 987 g/mol. The Hall–Kier alpha value is -5.86. The lowest BCUT2D eigenvalue weighted by Gasteiger charge is -2.45. The Labute approximate surface area is 450 Å². The van der Waals surface area contributed by atoms with Gasteiger partial charge in [0.25, 0.3) is 0 Å². The number of benzene rings is 7. The third kappa shape index (κ3) is 14.1. The largest absolute Gasteiger partial charge is 0.377 e. The predicted octanol–water partition coefficient (Wildman–Crippen LogP) is 21.8. The van der Waals surface area contributed by atoms with Crippen molar-refractivity contribution in [3.8, 4) is 0 Å². The van der Waals surface area contributed by atoms with Crippen LogP contribution >= 0.6 is 0 Å². The Balaban J connectivity index is 0.000000513. The normalized spacial score (nSPS) is 17.4. The van der Waals surface area contributed by atoms with Gasteiger partial charge in [-0.15, -0.1) is 0 Å². The molecule has 0 spiro atoms. The summed E-state index contributed by atoms with van der Waals surface area (Å²) in [6.45, 7) is 27.1. The number of hydrogen-bond acceptors (Lipinski definition) is 2. The Morgan fingerprint density at radius 3 is 1.62 bits per heavy atom. The number of aryl methyl sites for hydroxylation is 1. The summed E-state index contributed by atoms with van der Waals surface area (Å²) in [5.74, 6) is 1.47. The first-order valence-electron chi connectivity index (χ1n) is 29.2. The zero-order valence-electron chi connectivity index (χ0n) is 48.0. The zero-order chi connectivity index (χ0) is 53.1. The number of nitrogens with one attached hydrogen (secondary N) is 2. The van der Waals surface area contributed by atoms with E-state index >= 15 is 0 Å². The molecule has 0 heterocycles. The summed E-state index contributed by atoms with van der Waals surface area (Å²) in [5.41, 5.74) is 13.8. The Morgan fingerprint density at radius 2 is 1.09 bits per heavy atom. The molecule has 0 fully saturated rings. The summed E-state index contributed by atoms with van der Waals surface area (Å²) in [5, 5.41) is 13.3. The molecule has 2 aliphatic rings. The van der Waals surface area contributed by atoms with Crippen LogP contribution in [0.15, 0.2) is 175 Å². The molecule has 0 amide bonds. The average Bonchev–Trinajstić information content (AvgIpc) is 3.69. The number of fused-ring (bicyclic) bond motifs is 4. The molecule has 2 N–H and O–H groups in total.